The standard InChI is InChI=1S/C4H4NO2S/c5-1-3-8(7)4-2-6/h3-4H2. The third kappa shape index (κ3) is 3.65. The first kappa shape index (κ1) is 7.47. The van der Waals surface area contributed by atoms with E-state index in [1.165, 1.54) is 6.29 Å². The van der Waals surface area contributed by atoms with Crippen molar-refractivity contribution >= 4 is 17.5 Å². The normalized spacial score (nSPS) is 12.0. The molecule has 0 saturated carbocycles. The molecule has 0 spiro atoms. The Morgan fingerprint density at radius 1 is 1.62 bits per heavy atom. The van der Waals surface area contributed by atoms with E-state index in [4.69, 9.17) is 5.26 Å². The summed E-state index contributed by atoms with van der Waals surface area (Å²) in [5.74, 6) is -0.219. The van der Waals surface area contributed by atoms with Crippen LogP contribution in [0, 0.1) is 11.3 Å². The van der Waals surface area contributed by atoms with Crippen LogP contribution in [0.2, 0.25) is 0 Å². The zero-order valence-electron chi connectivity index (χ0n) is 4.09. The number of rotatable bonds is 3. The Morgan fingerprint density at radius 2 is 2.25 bits per heavy atom. The summed E-state index contributed by atoms with van der Waals surface area (Å²) in [6, 6.07) is 1.67. The molecule has 0 heterocycles. The molecule has 0 aromatic carbocycles. The molecule has 0 aromatic heterocycles. The average Bonchev–Trinajstić information content (AvgIpc) is 1.68. The summed E-state index contributed by atoms with van der Waals surface area (Å²) in [5.41, 5.74) is 0. The van der Waals surface area contributed by atoms with Gasteiger partial charge in [0, 0.05) is 0 Å². The summed E-state index contributed by atoms with van der Waals surface area (Å²) in [5, 5.41) is 7.89. The maximum atomic E-state index is 10.3. The molecule has 43 valence electrons. The van der Waals surface area contributed by atoms with Gasteiger partial charge in [-0.25, -0.2) is 0 Å². The second kappa shape index (κ2) is 4.62. The third-order valence-corrected chi connectivity index (χ3v) is 1.34. The molecule has 0 aliphatic heterocycles. The van der Waals surface area contributed by atoms with Crippen molar-refractivity contribution in [1.29, 1.82) is 5.26 Å². The lowest BCUT2D eigenvalue weighted by Gasteiger charge is -1.98. The van der Waals surface area contributed by atoms with E-state index in [1.807, 2.05) is 0 Å². The molecular formula is C4H4NO2S. The summed E-state index contributed by atoms with van der Waals surface area (Å²) in [6.45, 7) is 0. The van der Waals surface area contributed by atoms with Crippen LogP contribution in [0.1, 0.15) is 0 Å². The topological polar surface area (TPSA) is 63.9 Å². The predicted octanol–water partition coefficient (Wildman–Crippen LogP) is -0.632. The highest BCUT2D eigenvalue weighted by atomic mass is 32.2. The first-order chi connectivity index (χ1) is 3.81. The third-order valence-electron chi connectivity index (χ3n) is 0.445. The van der Waals surface area contributed by atoms with Gasteiger partial charge in [-0.3, -0.25) is 4.79 Å². The molecule has 0 aromatic rings. The largest absolute Gasteiger partial charge is 0.615 e. The van der Waals surface area contributed by atoms with E-state index in [0.717, 1.165) is 0 Å². The molecule has 1 radical (unpaired) electrons. The van der Waals surface area contributed by atoms with Crippen LogP contribution in [0.4, 0.5) is 0 Å². The number of nitrogens with zero attached hydrogens (tertiary/aromatic N) is 1. The zero-order chi connectivity index (χ0) is 6.41. The highest BCUT2D eigenvalue weighted by Crippen LogP contribution is 1.83. The molecule has 1 atom stereocenters. The van der Waals surface area contributed by atoms with Gasteiger partial charge in [-0.1, -0.05) is 0 Å². The molecule has 0 amide bonds. The Morgan fingerprint density at radius 3 is 2.62 bits per heavy atom. The van der Waals surface area contributed by atoms with E-state index in [-0.39, 0.29) is 11.5 Å². The van der Waals surface area contributed by atoms with Crippen LogP contribution >= 0.6 is 0 Å². The highest BCUT2D eigenvalue weighted by Gasteiger charge is 2.01. The number of nitriles is 1. The SMILES string of the molecule is N#CC[S+]([O-])C[C]=O. The van der Waals surface area contributed by atoms with E-state index in [1.54, 1.807) is 6.07 Å². The van der Waals surface area contributed by atoms with E-state index < -0.39 is 11.2 Å². The first-order valence-corrected chi connectivity index (χ1v) is 3.37. The summed E-state index contributed by atoms with van der Waals surface area (Å²) in [4.78, 5) is 9.46. The van der Waals surface area contributed by atoms with Crippen LogP contribution in [0.5, 0.6) is 0 Å². The average molecular weight is 130 g/mol. The Balaban J connectivity index is 3.20. The first-order valence-electron chi connectivity index (χ1n) is 1.88. The Hall–Kier alpha value is -0.530. The van der Waals surface area contributed by atoms with Gasteiger partial charge in [0.05, 0.1) is 0 Å². The molecule has 0 fully saturated rings. The predicted molar refractivity (Wildman–Crippen MR) is 29.2 cm³/mol. The fourth-order valence-corrected chi connectivity index (χ4v) is 0.566. The van der Waals surface area contributed by atoms with E-state index in [2.05, 4.69) is 0 Å². The van der Waals surface area contributed by atoms with Gasteiger partial charge in [-0.05, 0) is 11.2 Å². The monoisotopic (exact) mass is 130 g/mol. The molecular weight excluding hydrogens is 126 g/mol. The van der Waals surface area contributed by atoms with Crippen LogP contribution < -0.4 is 0 Å². The molecule has 4 heteroatoms. The van der Waals surface area contributed by atoms with Crippen molar-refractivity contribution in [1.82, 2.24) is 0 Å². The quantitative estimate of drug-likeness (QED) is 0.478. The maximum absolute atomic E-state index is 10.3. The van der Waals surface area contributed by atoms with Gasteiger partial charge in [0.25, 0.3) is 6.29 Å². The molecule has 0 saturated heterocycles. The smallest absolute Gasteiger partial charge is 0.252 e. The highest BCUT2D eigenvalue weighted by molar-refractivity contribution is 7.92. The van der Waals surface area contributed by atoms with Crippen LogP contribution in [0.15, 0.2) is 0 Å². The molecule has 0 N–H and O–H groups in total. The fraction of sp³-hybridized carbons (Fsp3) is 0.500. The van der Waals surface area contributed by atoms with Crippen LogP contribution in [0.25, 0.3) is 0 Å². The molecule has 8 heavy (non-hydrogen) atoms. The van der Waals surface area contributed by atoms with Gasteiger partial charge in [0.2, 0.25) is 0 Å². The second-order valence-corrected chi connectivity index (χ2v) is 2.49. The minimum atomic E-state index is -1.30. The minimum absolute atomic E-state index is 0.0742. The lowest BCUT2D eigenvalue weighted by molar-refractivity contribution is 0.557. The Bertz CT molecular complexity index is 109. The minimum Gasteiger partial charge on any atom is -0.615 e. The Labute approximate surface area is 50.5 Å². The Kier molecular flexibility index (Phi) is 4.32. The van der Waals surface area contributed by atoms with Gasteiger partial charge in [-0.2, -0.15) is 5.26 Å². The van der Waals surface area contributed by atoms with Crippen LogP contribution in [-0.2, 0) is 16.0 Å². The van der Waals surface area contributed by atoms with Crippen molar-refractivity contribution in [3.05, 3.63) is 0 Å². The van der Waals surface area contributed by atoms with Gasteiger partial charge in [0.15, 0.2) is 11.5 Å². The van der Waals surface area contributed by atoms with Gasteiger partial charge < -0.3 is 4.55 Å². The summed E-state index contributed by atoms with van der Waals surface area (Å²) in [6.07, 6.45) is 1.45. The lowest BCUT2D eigenvalue weighted by atomic mass is 10.9. The van der Waals surface area contributed by atoms with E-state index >= 15 is 0 Å². The fourth-order valence-electron chi connectivity index (χ4n) is 0.189. The van der Waals surface area contributed by atoms with Crippen LogP contribution in [0.3, 0.4) is 0 Å². The molecule has 0 aliphatic rings. The molecule has 3 nitrogen and oxygen atoms in total. The molecule has 1 unspecified atom stereocenters. The molecule has 0 rings (SSSR count). The zero-order valence-corrected chi connectivity index (χ0v) is 4.90. The van der Waals surface area contributed by atoms with Crippen molar-refractivity contribution in [2.45, 2.75) is 0 Å². The van der Waals surface area contributed by atoms with Gasteiger partial charge in [-0.15, -0.1) is 0 Å². The number of carbonyl (C=O) groups excluding carboxylic acids is 1. The van der Waals surface area contributed by atoms with Gasteiger partial charge >= 0.3 is 0 Å². The summed E-state index contributed by atoms with van der Waals surface area (Å²) >= 11 is -1.30. The second-order valence-electron chi connectivity index (χ2n) is 1.03. The van der Waals surface area contributed by atoms with Gasteiger partial charge in [0.1, 0.15) is 6.07 Å². The lowest BCUT2D eigenvalue weighted by Crippen LogP contribution is -2.09. The number of hydrogen-bond donors (Lipinski definition) is 0. The van der Waals surface area contributed by atoms with Crippen molar-refractivity contribution in [2.24, 2.45) is 0 Å². The van der Waals surface area contributed by atoms with E-state index in [9.17, 15) is 9.35 Å². The maximum Gasteiger partial charge on any atom is 0.252 e. The van der Waals surface area contributed by atoms with E-state index in [0.29, 0.717) is 0 Å². The number of hydrogen-bond acceptors (Lipinski definition) is 3. The summed E-state index contributed by atoms with van der Waals surface area (Å²) < 4.78 is 10.3. The van der Waals surface area contributed by atoms with Crippen molar-refractivity contribution in [3.63, 3.8) is 0 Å². The molecule has 0 aliphatic carbocycles. The van der Waals surface area contributed by atoms with Crippen molar-refractivity contribution in [3.8, 4) is 6.07 Å². The van der Waals surface area contributed by atoms with Crippen molar-refractivity contribution < 1.29 is 9.35 Å². The molecule has 0 bridgehead atoms. The van der Waals surface area contributed by atoms with Crippen LogP contribution in [-0.4, -0.2) is 22.3 Å². The summed E-state index contributed by atoms with van der Waals surface area (Å²) in [7, 11) is 0. The van der Waals surface area contributed by atoms with Crippen molar-refractivity contribution in [2.75, 3.05) is 11.5 Å².